The van der Waals surface area contributed by atoms with Gasteiger partial charge in [0.15, 0.2) is 5.11 Å². The number of hydrogen-bond acceptors (Lipinski definition) is 6. The molecule has 2 amide bonds. The average molecular weight is 340 g/mol. The predicted octanol–water partition coefficient (Wildman–Crippen LogP) is -0.617. The van der Waals surface area contributed by atoms with Crippen LogP contribution >= 0.6 is 23.8 Å². The number of ether oxygens (including phenoxy) is 1. The first-order chi connectivity index (χ1) is 10.4. The number of halogens is 1. The van der Waals surface area contributed by atoms with Gasteiger partial charge in [-0.3, -0.25) is 20.2 Å². The monoisotopic (exact) mass is 339 g/mol. The maximum absolute atomic E-state index is 11.7. The summed E-state index contributed by atoms with van der Waals surface area (Å²) in [5, 5.41) is 15.0. The van der Waals surface area contributed by atoms with Crippen LogP contribution in [0.1, 0.15) is 5.56 Å². The first-order valence-electron chi connectivity index (χ1n) is 5.87. The van der Waals surface area contributed by atoms with E-state index in [0.717, 1.165) is 0 Å². The Morgan fingerprint density at radius 1 is 1.32 bits per heavy atom. The highest BCUT2D eigenvalue weighted by atomic mass is 35.5. The number of aliphatic carboxylic acids is 1. The van der Waals surface area contributed by atoms with Crippen LogP contribution in [-0.2, 0) is 14.4 Å². The van der Waals surface area contributed by atoms with E-state index >= 15 is 0 Å². The van der Waals surface area contributed by atoms with Crippen LogP contribution in [0.3, 0.4) is 0 Å². The Bertz CT molecular complexity index is 694. The van der Waals surface area contributed by atoms with Crippen molar-refractivity contribution in [1.82, 2.24) is 10.6 Å². The van der Waals surface area contributed by atoms with E-state index in [-0.39, 0.29) is 21.5 Å². The van der Waals surface area contributed by atoms with Gasteiger partial charge in [-0.05, 0) is 36.0 Å². The largest absolute Gasteiger partial charge is 0.546 e. The number of rotatable bonds is 4. The van der Waals surface area contributed by atoms with Crippen molar-refractivity contribution in [3.8, 4) is 5.75 Å². The van der Waals surface area contributed by atoms with Gasteiger partial charge < -0.3 is 14.6 Å². The molecule has 1 aliphatic rings. The van der Waals surface area contributed by atoms with Crippen LogP contribution in [0.2, 0.25) is 5.02 Å². The molecule has 7 nitrogen and oxygen atoms in total. The van der Waals surface area contributed by atoms with Gasteiger partial charge in [-0.1, -0.05) is 17.7 Å². The standard InChI is InChI=1S/C13H9ClN2O5S/c14-8-4-6(1-2-9(8)21-5-10(17)18)3-7-11(19)15-13(22)16-12(7)20/h1-4H,5H2,(H,17,18)(H2,15,16,19,20,22)/p-1. The molecule has 1 aromatic carbocycles. The third-order valence-electron chi connectivity index (χ3n) is 2.56. The molecule has 2 rings (SSSR count). The van der Waals surface area contributed by atoms with Crippen molar-refractivity contribution in [2.75, 3.05) is 6.61 Å². The molecule has 1 saturated heterocycles. The van der Waals surface area contributed by atoms with Crippen molar-refractivity contribution in [3.05, 3.63) is 34.4 Å². The smallest absolute Gasteiger partial charge is 0.263 e. The Balaban J connectivity index is 2.23. The third kappa shape index (κ3) is 3.80. The number of hydrogen-bond donors (Lipinski definition) is 2. The van der Waals surface area contributed by atoms with Crippen LogP contribution in [0, 0.1) is 0 Å². The van der Waals surface area contributed by atoms with Gasteiger partial charge in [0, 0.05) is 0 Å². The highest BCUT2D eigenvalue weighted by Crippen LogP contribution is 2.26. The molecule has 1 heterocycles. The molecule has 22 heavy (non-hydrogen) atoms. The van der Waals surface area contributed by atoms with Gasteiger partial charge in [-0.15, -0.1) is 0 Å². The third-order valence-corrected chi connectivity index (χ3v) is 3.06. The van der Waals surface area contributed by atoms with E-state index in [4.69, 9.17) is 16.3 Å². The molecule has 1 fully saturated rings. The van der Waals surface area contributed by atoms with Crippen LogP contribution in [0.5, 0.6) is 5.75 Å². The van der Waals surface area contributed by atoms with Crippen molar-refractivity contribution in [2.45, 2.75) is 0 Å². The summed E-state index contributed by atoms with van der Waals surface area (Å²) in [6.45, 7) is -0.636. The number of carbonyl (C=O) groups excluding carboxylic acids is 3. The van der Waals surface area contributed by atoms with Gasteiger partial charge >= 0.3 is 0 Å². The second-order valence-electron chi connectivity index (χ2n) is 4.15. The maximum Gasteiger partial charge on any atom is 0.263 e. The molecule has 114 valence electrons. The predicted molar refractivity (Wildman–Crippen MR) is 78.8 cm³/mol. The minimum absolute atomic E-state index is 0.0591. The summed E-state index contributed by atoms with van der Waals surface area (Å²) < 4.78 is 4.91. The lowest BCUT2D eigenvalue weighted by Gasteiger charge is -2.16. The molecule has 0 unspecified atom stereocenters. The van der Waals surface area contributed by atoms with Crippen LogP contribution in [0.15, 0.2) is 23.8 Å². The number of amides is 2. The van der Waals surface area contributed by atoms with Crippen molar-refractivity contribution >= 4 is 52.8 Å². The lowest BCUT2D eigenvalue weighted by molar-refractivity contribution is -0.307. The van der Waals surface area contributed by atoms with E-state index in [0.29, 0.717) is 5.56 Å². The molecule has 0 radical (unpaired) electrons. The normalized spacial score (nSPS) is 14.2. The van der Waals surface area contributed by atoms with Crippen LogP contribution in [0.4, 0.5) is 0 Å². The molecule has 9 heteroatoms. The van der Waals surface area contributed by atoms with E-state index in [1.165, 1.54) is 24.3 Å². The summed E-state index contributed by atoms with van der Waals surface area (Å²) >= 11 is 10.6. The van der Waals surface area contributed by atoms with Crippen molar-refractivity contribution in [3.63, 3.8) is 0 Å². The van der Waals surface area contributed by atoms with Crippen LogP contribution in [-0.4, -0.2) is 29.5 Å². The van der Waals surface area contributed by atoms with Gasteiger partial charge in [-0.2, -0.15) is 0 Å². The van der Waals surface area contributed by atoms with E-state index in [1.54, 1.807) is 0 Å². The summed E-state index contributed by atoms with van der Waals surface area (Å²) in [5.41, 5.74) is 0.326. The number of carboxylic acid groups (broad SMARTS) is 1. The first kappa shape index (κ1) is 15.9. The molecular weight excluding hydrogens is 332 g/mol. The van der Waals surface area contributed by atoms with Crippen LogP contribution < -0.4 is 20.5 Å². The summed E-state index contributed by atoms with van der Waals surface area (Å²) in [5.74, 6) is -2.48. The molecule has 0 aliphatic carbocycles. The molecule has 0 saturated carbocycles. The van der Waals surface area contributed by atoms with Crippen molar-refractivity contribution < 1.29 is 24.2 Å². The van der Waals surface area contributed by atoms with Gasteiger partial charge in [-0.25, -0.2) is 0 Å². The zero-order valence-corrected chi connectivity index (χ0v) is 12.4. The van der Waals surface area contributed by atoms with Gasteiger partial charge in [0.1, 0.15) is 17.9 Å². The number of benzene rings is 1. The molecule has 2 N–H and O–H groups in total. The minimum Gasteiger partial charge on any atom is -0.546 e. The zero-order chi connectivity index (χ0) is 16.3. The summed E-state index contributed by atoms with van der Waals surface area (Å²) in [4.78, 5) is 33.7. The Labute approximate surface area is 134 Å². The minimum atomic E-state index is -1.38. The fourth-order valence-corrected chi connectivity index (χ4v) is 2.06. The second kappa shape index (κ2) is 6.54. The van der Waals surface area contributed by atoms with Crippen molar-refractivity contribution in [2.24, 2.45) is 0 Å². The van der Waals surface area contributed by atoms with Gasteiger partial charge in [0.05, 0.1) is 11.0 Å². The summed E-state index contributed by atoms with van der Waals surface area (Å²) in [6.07, 6.45) is 1.32. The van der Waals surface area contributed by atoms with Gasteiger partial charge in [0.2, 0.25) is 0 Å². The average Bonchev–Trinajstić information content (AvgIpc) is 2.41. The first-order valence-corrected chi connectivity index (χ1v) is 6.66. The van der Waals surface area contributed by atoms with E-state index in [1.807, 2.05) is 0 Å². The molecule has 1 aliphatic heterocycles. The lowest BCUT2D eigenvalue weighted by atomic mass is 10.1. The SMILES string of the molecule is O=C([O-])COc1ccc(C=C2C(=O)NC(=S)NC2=O)cc1Cl. The van der Waals surface area contributed by atoms with E-state index in [9.17, 15) is 19.5 Å². The molecule has 0 bridgehead atoms. The summed E-state index contributed by atoms with van der Waals surface area (Å²) in [6, 6.07) is 4.35. The number of carbonyl (C=O) groups is 3. The molecule has 0 spiro atoms. The van der Waals surface area contributed by atoms with Gasteiger partial charge in [0.25, 0.3) is 11.8 Å². The summed E-state index contributed by atoms with van der Waals surface area (Å²) in [7, 11) is 0. The fraction of sp³-hybridized carbons (Fsp3) is 0.0769. The Morgan fingerprint density at radius 3 is 2.50 bits per heavy atom. The number of carboxylic acids is 1. The highest BCUT2D eigenvalue weighted by molar-refractivity contribution is 7.80. The highest BCUT2D eigenvalue weighted by Gasteiger charge is 2.25. The number of nitrogens with one attached hydrogen (secondary N) is 2. The zero-order valence-electron chi connectivity index (χ0n) is 10.8. The quantitative estimate of drug-likeness (QED) is 0.430. The molecule has 0 atom stereocenters. The second-order valence-corrected chi connectivity index (χ2v) is 4.96. The Kier molecular flexibility index (Phi) is 4.74. The molecule has 0 aromatic heterocycles. The van der Waals surface area contributed by atoms with E-state index < -0.39 is 24.4 Å². The fourth-order valence-electron chi connectivity index (χ4n) is 1.63. The van der Waals surface area contributed by atoms with Crippen LogP contribution in [0.25, 0.3) is 6.08 Å². The van der Waals surface area contributed by atoms with Crippen molar-refractivity contribution in [1.29, 1.82) is 0 Å². The molecular formula is C13H8ClN2O5S-. The lowest BCUT2D eigenvalue weighted by Crippen LogP contribution is -2.51. The molecule has 1 aromatic rings. The van der Waals surface area contributed by atoms with E-state index in [2.05, 4.69) is 22.9 Å². The Morgan fingerprint density at radius 2 is 1.95 bits per heavy atom. The maximum atomic E-state index is 11.7. The Hall–Kier alpha value is -2.45. The number of thiocarbonyl (C=S) groups is 1. The topological polar surface area (TPSA) is 108 Å².